The van der Waals surface area contributed by atoms with E-state index in [-0.39, 0.29) is 17.9 Å². The third-order valence-corrected chi connectivity index (χ3v) is 4.64. The number of carbonyl (C=O) groups is 1. The quantitative estimate of drug-likeness (QED) is 0.921. The van der Waals surface area contributed by atoms with E-state index in [4.69, 9.17) is 10.5 Å². The number of amides is 1. The molecule has 4 heteroatoms. The molecule has 1 heterocycles. The van der Waals surface area contributed by atoms with E-state index in [0.29, 0.717) is 32.7 Å². The number of fused-ring (bicyclic) bond motifs is 1. The minimum atomic E-state index is 0.0708. The fourth-order valence-electron chi connectivity index (χ4n) is 3.40. The summed E-state index contributed by atoms with van der Waals surface area (Å²) < 4.78 is 5.73. The van der Waals surface area contributed by atoms with Gasteiger partial charge >= 0.3 is 0 Å². The van der Waals surface area contributed by atoms with Gasteiger partial charge in [-0.1, -0.05) is 42.5 Å². The number of hydrogen-bond donors (Lipinski definition) is 1. The van der Waals surface area contributed by atoms with Crippen LogP contribution in [0.25, 0.3) is 10.8 Å². The van der Waals surface area contributed by atoms with Gasteiger partial charge in [0, 0.05) is 25.6 Å². The minimum absolute atomic E-state index is 0.0708. The van der Waals surface area contributed by atoms with Crippen LogP contribution in [0.4, 0.5) is 0 Å². The van der Waals surface area contributed by atoms with Crippen molar-refractivity contribution in [2.75, 3.05) is 26.2 Å². The van der Waals surface area contributed by atoms with Crippen molar-refractivity contribution in [2.24, 2.45) is 11.7 Å². The lowest BCUT2D eigenvalue weighted by atomic mass is 10.0. The molecule has 0 spiro atoms. The molecule has 2 atom stereocenters. The van der Waals surface area contributed by atoms with E-state index in [2.05, 4.69) is 18.2 Å². The Kier molecular flexibility index (Phi) is 4.94. The van der Waals surface area contributed by atoms with Crippen molar-refractivity contribution >= 4 is 16.7 Å². The summed E-state index contributed by atoms with van der Waals surface area (Å²) in [5.74, 6) is 0.397. The molecule has 23 heavy (non-hydrogen) atoms. The molecule has 2 N–H and O–H groups in total. The molecule has 1 amide bonds. The van der Waals surface area contributed by atoms with Crippen LogP contribution in [0.3, 0.4) is 0 Å². The van der Waals surface area contributed by atoms with Gasteiger partial charge in [0.2, 0.25) is 5.91 Å². The van der Waals surface area contributed by atoms with E-state index >= 15 is 0 Å². The third kappa shape index (κ3) is 3.38. The monoisotopic (exact) mass is 312 g/mol. The molecule has 4 nitrogen and oxygen atoms in total. The summed E-state index contributed by atoms with van der Waals surface area (Å²) in [5.41, 5.74) is 6.91. The van der Waals surface area contributed by atoms with Crippen molar-refractivity contribution in [3.05, 3.63) is 48.0 Å². The Bertz CT molecular complexity index is 681. The zero-order valence-corrected chi connectivity index (χ0v) is 13.6. The van der Waals surface area contributed by atoms with Crippen molar-refractivity contribution in [3.63, 3.8) is 0 Å². The molecule has 0 saturated carbocycles. The van der Waals surface area contributed by atoms with E-state index < -0.39 is 0 Å². The molecule has 1 fully saturated rings. The largest absolute Gasteiger partial charge is 0.376 e. The van der Waals surface area contributed by atoms with Gasteiger partial charge in [0.15, 0.2) is 0 Å². The summed E-state index contributed by atoms with van der Waals surface area (Å²) in [5, 5.41) is 2.32. The highest BCUT2D eigenvalue weighted by molar-refractivity contribution is 5.90. The number of nitrogens with two attached hydrogens (primary N) is 1. The van der Waals surface area contributed by atoms with Crippen molar-refractivity contribution in [3.8, 4) is 0 Å². The van der Waals surface area contributed by atoms with E-state index in [1.165, 1.54) is 5.39 Å². The lowest BCUT2D eigenvalue weighted by molar-refractivity contribution is -0.129. The number of carbonyl (C=O) groups excluding carboxylic acids is 1. The molecule has 0 aliphatic carbocycles. The summed E-state index contributed by atoms with van der Waals surface area (Å²) in [6.45, 7) is 4.55. The summed E-state index contributed by atoms with van der Waals surface area (Å²) in [7, 11) is 0. The van der Waals surface area contributed by atoms with Gasteiger partial charge in [-0.2, -0.15) is 0 Å². The normalized spacial score (nSPS) is 21.0. The first-order valence-electron chi connectivity index (χ1n) is 8.29. The van der Waals surface area contributed by atoms with Crippen LogP contribution in [0.15, 0.2) is 42.5 Å². The summed E-state index contributed by atoms with van der Waals surface area (Å²) >= 11 is 0. The lowest BCUT2D eigenvalue weighted by Gasteiger charge is -2.17. The average molecular weight is 312 g/mol. The minimum Gasteiger partial charge on any atom is -0.376 e. The van der Waals surface area contributed by atoms with Gasteiger partial charge in [-0.05, 0) is 29.8 Å². The Morgan fingerprint density at radius 1 is 1.22 bits per heavy atom. The van der Waals surface area contributed by atoms with Crippen molar-refractivity contribution in [1.82, 2.24) is 4.90 Å². The second-order valence-corrected chi connectivity index (χ2v) is 6.10. The molecule has 122 valence electrons. The molecule has 0 unspecified atom stereocenters. The molecule has 1 aliphatic rings. The smallest absolute Gasteiger partial charge is 0.227 e. The third-order valence-electron chi connectivity index (χ3n) is 4.64. The number of rotatable bonds is 5. The molecule has 0 aromatic heterocycles. The predicted molar refractivity (Wildman–Crippen MR) is 92.2 cm³/mol. The van der Waals surface area contributed by atoms with Crippen LogP contribution in [-0.2, 0) is 16.0 Å². The highest BCUT2D eigenvalue weighted by atomic mass is 16.5. The molecule has 0 bridgehead atoms. The van der Waals surface area contributed by atoms with E-state index in [9.17, 15) is 4.79 Å². The summed E-state index contributed by atoms with van der Waals surface area (Å²) in [4.78, 5) is 14.6. The van der Waals surface area contributed by atoms with E-state index in [0.717, 1.165) is 10.9 Å². The van der Waals surface area contributed by atoms with Crippen LogP contribution < -0.4 is 5.73 Å². The Morgan fingerprint density at radius 3 is 2.78 bits per heavy atom. The first-order chi connectivity index (χ1) is 11.2. The fourth-order valence-corrected chi connectivity index (χ4v) is 3.40. The highest BCUT2D eigenvalue weighted by Gasteiger charge is 2.34. The highest BCUT2D eigenvalue weighted by Crippen LogP contribution is 2.23. The molecule has 2 aromatic carbocycles. The predicted octanol–water partition coefficient (Wildman–Crippen LogP) is 2.20. The molecule has 3 rings (SSSR count). The summed E-state index contributed by atoms with van der Waals surface area (Å²) in [6, 6.07) is 14.3. The number of benzene rings is 2. The molecule has 2 aromatic rings. The first-order valence-corrected chi connectivity index (χ1v) is 8.29. The van der Waals surface area contributed by atoms with Gasteiger partial charge in [0.05, 0.1) is 12.5 Å². The van der Waals surface area contributed by atoms with Gasteiger partial charge in [-0.3, -0.25) is 4.79 Å². The Labute approximate surface area is 137 Å². The van der Waals surface area contributed by atoms with Crippen LogP contribution in [-0.4, -0.2) is 43.2 Å². The fraction of sp³-hybridized carbons (Fsp3) is 0.421. The number of hydrogen-bond acceptors (Lipinski definition) is 3. The second-order valence-electron chi connectivity index (χ2n) is 6.10. The summed E-state index contributed by atoms with van der Waals surface area (Å²) in [6.07, 6.45) is 0.499. The van der Waals surface area contributed by atoms with Gasteiger partial charge in [0.1, 0.15) is 0 Å². The van der Waals surface area contributed by atoms with Crippen LogP contribution in [0.1, 0.15) is 12.5 Å². The maximum Gasteiger partial charge on any atom is 0.227 e. The van der Waals surface area contributed by atoms with Gasteiger partial charge < -0.3 is 15.4 Å². The van der Waals surface area contributed by atoms with E-state index in [1.54, 1.807) is 0 Å². The molecular weight excluding hydrogens is 288 g/mol. The van der Waals surface area contributed by atoms with Gasteiger partial charge in [0.25, 0.3) is 0 Å². The first kappa shape index (κ1) is 16.0. The topological polar surface area (TPSA) is 55.6 Å². The second kappa shape index (κ2) is 7.11. The zero-order valence-electron chi connectivity index (χ0n) is 13.6. The standard InChI is InChI=1S/C19H24N2O2/c1-2-23-18-13-21(12-16(18)11-20)19(22)10-15-8-5-7-14-6-3-4-9-17(14)15/h3-9,16,18H,2,10-13,20H2,1H3/t16-,18-/m1/s1. The maximum absolute atomic E-state index is 12.7. The van der Waals surface area contributed by atoms with Crippen LogP contribution in [0, 0.1) is 5.92 Å². The molecule has 1 aliphatic heterocycles. The van der Waals surface area contributed by atoms with Crippen LogP contribution >= 0.6 is 0 Å². The SMILES string of the molecule is CCO[C@@H]1CN(C(=O)Cc2cccc3ccccc23)C[C@H]1CN. The molecule has 0 radical (unpaired) electrons. The zero-order chi connectivity index (χ0) is 16.2. The average Bonchev–Trinajstić information content (AvgIpc) is 2.99. The number of nitrogens with zero attached hydrogens (tertiary/aromatic N) is 1. The van der Waals surface area contributed by atoms with Crippen LogP contribution in [0.2, 0.25) is 0 Å². The number of likely N-dealkylation sites (tertiary alicyclic amines) is 1. The maximum atomic E-state index is 12.7. The Balaban J connectivity index is 1.74. The molecule has 1 saturated heterocycles. The van der Waals surface area contributed by atoms with Crippen molar-refractivity contribution < 1.29 is 9.53 Å². The number of ether oxygens (including phenoxy) is 1. The lowest BCUT2D eigenvalue weighted by Crippen LogP contribution is -2.31. The van der Waals surface area contributed by atoms with Crippen LogP contribution in [0.5, 0.6) is 0 Å². The van der Waals surface area contributed by atoms with Gasteiger partial charge in [-0.25, -0.2) is 0 Å². The van der Waals surface area contributed by atoms with Crippen molar-refractivity contribution in [2.45, 2.75) is 19.4 Å². The van der Waals surface area contributed by atoms with E-state index in [1.807, 2.05) is 36.1 Å². The molecular formula is C19H24N2O2. The Morgan fingerprint density at radius 2 is 2.00 bits per heavy atom. The Hall–Kier alpha value is -1.91. The van der Waals surface area contributed by atoms with Gasteiger partial charge in [-0.15, -0.1) is 0 Å². The van der Waals surface area contributed by atoms with Crippen molar-refractivity contribution in [1.29, 1.82) is 0 Å².